The van der Waals surface area contributed by atoms with Gasteiger partial charge >= 0.3 is 5.97 Å². The Balaban J connectivity index is 4.01. The summed E-state index contributed by atoms with van der Waals surface area (Å²) in [5, 5.41) is 8.80. The predicted molar refractivity (Wildman–Crippen MR) is 48.9 cm³/mol. The minimum atomic E-state index is -0.758. The number of hydrogen-bond donors (Lipinski definition) is 2. The molecule has 3 heteroatoms. The van der Waals surface area contributed by atoms with Gasteiger partial charge in [0.05, 0.1) is 5.41 Å². The molecule has 0 bridgehead atoms. The molecule has 0 aliphatic rings. The lowest BCUT2D eigenvalue weighted by Crippen LogP contribution is -2.35. The van der Waals surface area contributed by atoms with E-state index in [1.54, 1.807) is 13.8 Å². The molecule has 0 saturated heterocycles. The molecule has 0 amide bonds. The van der Waals surface area contributed by atoms with Gasteiger partial charge < -0.3 is 10.8 Å². The van der Waals surface area contributed by atoms with E-state index >= 15 is 0 Å². The van der Waals surface area contributed by atoms with Crippen LogP contribution in [0.2, 0.25) is 0 Å². The van der Waals surface area contributed by atoms with E-state index in [0.29, 0.717) is 6.42 Å². The number of carbonyl (C=O) groups is 1. The summed E-state index contributed by atoms with van der Waals surface area (Å²) in [7, 11) is 0. The Morgan fingerprint density at radius 2 is 1.67 bits per heavy atom. The highest BCUT2D eigenvalue weighted by Gasteiger charge is 2.28. The molecule has 72 valence electrons. The fourth-order valence-electron chi connectivity index (χ4n) is 0.742. The summed E-state index contributed by atoms with van der Waals surface area (Å²) in [5.74, 6) is -0.758. The molecule has 0 unspecified atom stereocenters. The van der Waals surface area contributed by atoms with Crippen LogP contribution in [0.25, 0.3) is 0 Å². The third-order valence-corrected chi connectivity index (χ3v) is 1.97. The zero-order chi connectivity index (χ0) is 9.99. The van der Waals surface area contributed by atoms with Crippen LogP contribution in [0.4, 0.5) is 0 Å². The molecule has 0 aliphatic carbocycles. The summed E-state index contributed by atoms with van der Waals surface area (Å²) < 4.78 is 0. The standard InChI is InChI=1S/C9H19NO2/c1-8(2,7(11)12)5-6-9(3,4)10/h5-6,10H2,1-4H3,(H,11,12). The summed E-state index contributed by atoms with van der Waals surface area (Å²) in [6.07, 6.45) is 1.35. The molecule has 0 spiro atoms. The molecule has 0 heterocycles. The lowest BCUT2D eigenvalue weighted by Gasteiger charge is -2.25. The molecule has 0 aliphatic heterocycles. The maximum Gasteiger partial charge on any atom is 0.309 e. The summed E-state index contributed by atoms with van der Waals surface area (Å²) in [5.41, 5.74) is 4.82. The van der Waals surface area contributed by atoms with E-state index in [4.69, 9.17) is 10.8 Å². The monoisotopic (exact) mass is 173 g/mol. The normalized spacial score (nSPS) is 13.1. The fourth-order valence-corrected chi connectivity index (χ4v) is 0.742. The van der Waals surface area contributed by atoms with Crippen LogP contribution >= 0.6 is 0 Å². The Bertz CT molecular complexity index is 168. The van der Waals surface area contributed by atoms with E-state index in [1.165, 1.54) is 0 Å². The van der Waals surface area contributed by atoms with Crippen LogP contribution in [0, 0.1) is 5.41 Å². The second-order valence-electron chi connectivity index (χ2n) is 4.68. The first-order chi connectivity index (χ1) is 5.15. The number of hydrogen-bond acceptors (Lipinski definition) is 2. The van der Waals surface area contributed by atoms with Crippen molar-refractivity contribution in [2.45, 2.75) is 46.1 Å². The van der Waals surface area contributed by atoms with Crippen molar-refractivity contribution < 1.29 is 9.90 Å². The maximum atomic E-state index is 10.7. The van der Waals surface area contributed by atoms with Gasteiger partial charge in [-0.2, -0.15) is 0 Å². The molecule has 0 aromatic heterocycles. The first-order valence-electron chi connectivity index (χ1n) is 4.17. The van der Waals surface area contributed by atoms with Crippen LogP contribution in [0.3, 0.4) is 0 Å². The minimum Gasteiger partial charge on any atom is -0.481 e. The number of nitrogens with two attached hydrogens (primary N) is 1. The maximum absolute atomic E-state index is 10.7. The Hall–Kier alpha value is -0.570. The van der Waals surface area contributed by atoms with E-state index in [0.717, 1.165) is 6.42 Å². The molecule has 0 aromatic rings. The second kappa shape index (κ2) is 3.44. The minimum absolute atomic E-state index is 0.271. The van der Waals surface area contributed by atoms with Gasteiger partial charge in [-0.15, -0.1) is 0 Å². The van der Waals surface area contributed by atoms with Crippen molar-refractivity contribution in [3.05, 3.63) is 0 Å². The highest BCUT2D eigenvalue weighted by molar-refractivity contribution is 5.73. The van der Waals surface area contributed by atoms with E-state index in [9.17, 15) is 4.79 Å². The van der Waals surface area contributed by atoms with Gasteiger partial charge in [0.25, 0.3) is 0 Å². The van der Waals surface area contributed by atoms with Crippen molar-refractivity contribution in [3.8, 4) is 0 Å². The van der Waals surface area contributed by atoms with Crippen LogP contribution < -0.4 is 5.73 Å². The van der Waals surface area contributed by atoms with Gasteiger partial charge in [0.2, 0.25) is 0 Å². The predicted octanol–water partition coefficient (Wildman–Crippen LogP) is 1.61. The first kappa shape index (κ1) is 11.4. The van der Waals surface area contributed by atoms with Crippen LogP contribution in [-0.4, -0.2) is 16.6 Å². The zero-order valence-electron chi connectivity index (χ0n) is 8.35. The van der Waals surface area contributed by atoms with E-state index in [-0.39, 0.29) is 5.54 Å². The zero-order valence-corrected chi connectivity index (χ0v) is 8.35. The largest absolute Gasteiger partial charge is 0.481 e. The number of aliphatic carboxylic acids is 1. The highest BCUT2D eigenvalue weighted by Crippen LogP contribution is 2.25. The molecule has 12 heavy (non-hydrogen) atoms. The SMILES string of the molecule is CC(C)(N)CCC(C)(C)C(=O)O. The fraction of sp³-hybridized carbons (Fsp3) is 0.889. The van der Waals surface area contributed by atoms with Crippen LogP contribution in [0.5, 0.6) is 0 Å². The van der Waals surface area contributed by atoms with Crippen molar-refractivity contribution in [3.63, 3.8) is 0 Å². The second-order valence-corrected chi connectivity index (χ2v) is 4.68. The third-order valence-electron chi connectivity index (χ3n) is 1.97. The molecule has 0 atom stereocenters. The summed E-state index contributed by atoms with van der Waals surface area (Å²) in [4.78, 5) is 10.7. The molecule has 0 rings (SSSR count). The van der Waals surface area contributed by atoms with Gasteiger partial charge in [-0.05, 0) is 40.5 Å². The van der Waals surface area contributed by atoms with Gasteiger partial charge in [-0.1, -0.05) is 0 Å². The van der Waals surface area contributed by atoms with Gasteiger partial charge in [-0.3, -0.25) is 4.79 Å². The van der Waals surface area contributed by atoms with Gasteiger partial charge in [0.1, 0.15) is 0 Å². The van der Waals surface area contributed by atoms with Gasteiger partial charge in [0.15, 0.2) is 0 Å². The van der Waals surface area contributed by atoms with Crippen molar-refractivity contribution in [2.75, 3.05) is 0 Å². The third kappa shape index (κ3) is 4.34. The Kier molecular flexibility index (Phi) is 3.27. The molecule has 3 nitrogen and oxygen atoms in total. The summed E-state index contributed by atoms with van der Waals surface area (Å²) in [6, 6.07) is 0. The Labute approximate surface area is 74.0 Å². The first-order valence-corrected chi connectivity index (χ1v) is 4.17. The summed E-state index contributed by atoms with van der Waals surface area (Å²) >= 11 is 0. The molecule has 0 radical (unpaired) electrons. The number of rotatable bonds is 4. The number of carboxylic acids is 1. The lowest BCUT2D eigenvalue weighted by molar-refractivity contribution is -0.147. The van der Waals surface area contributed by atoms with Crippen molar-refractivity contribution >= 4 is 5.97 Å². The van der Waals surface area contributed by atoms with Crippen LogP contribution in [0.1, 0.15) is 40.5 Å². The van der Waals surface area contributed by atoms with Gasteiger partial charge in [-0.25, -0.2) is 0 Å². The molecule has 3 N–H and O–H groups in total. The van der Waals surface area contributed by atoms with Crippen molar-refractivity contribution in [1.29, 1.82) is 0 Å². The van der Waals surface area contributed by atoms with Crippen LogP contribution in [-0.2, 0) is 4.79 Å². The smallest absolute Gasteiger partial charge is 0.309 e. The van der Waals surface area contributed by atoms with E-state index < -0.39 is 11.4 Å². The quantitative estimate of drug-likeness (QED) is 0.679. The molecule has 0 aromatic carbocycles. The number of carboxylic acid groups (broad SMARTS) is 1. The summed E-state index contributed by atoms with van der Waals surface area (Å²) in [6.45, 7) is 7.26. The Morgan fingerprint density at radius 1 is 1.25 bits per heavy atom. The average Bonchev–Trinajstić information content (AvgIpc) is 1.82. The molecule has 0 fully saturated rings. The van der Waals surface area contributed by atoms with Crippen molar-refractivity contribution in [2.24, 2.45) is 11.1 Å². The highest BCUT2D eigenvalue weighted by atomic mass is 16.4. The Morgan fingerprint density at radius 3 is 1.92 bits per heavy atom. The van der Waals surface area contributed by atoms with Crippen molar-refractivity contribution in [1.82, 2.24) is 0 Å². The molecule has 0 saturated carbocycles. The van der Waals surface area contributed by atoms with E-state index in [2.05, 4.69) is 0 Å². The molecular weight excluding hydrogens is 154 g/mol. The lowest BCUT2D eigenvalue weighted by atomic mass is 9.83. The topological polar surface area (TPSA) is 63.3 Å². The van der Waals surface area contributed by atoms with E-state index in [1.807, 2.05) is 13.8 Å². The molecular formula is C9H19NO2. The average molecular weight is 173 g/mol. The van der Waals surface area contributed by atoms with Crippen LogP contribution in [0.15, 0.2) is 0 Å². The van der Waals surface area contributed by atoms with Gasteiger partial charge in [0, 0.05) is 5.54 Å².